The van der Waals surface area contributed by atoms with Crippen LogP contribution in [0.15, 0.2) is 54.8 Å². The van der Waals surface area contributed by atoms with Crippen molar-refractivity contribution in [2.75, 3.05) is 50.4 Å². The Kier molecular flexibility index (Phi) is 11.3. The van der Waals surface area contributed by atoms with Crippen LogP contribution in [0.2, 0.25) is 0 Å². The summed E-state index contributed by atoms with van der Waals surface area (Å²) < 4.78 is 24.4. The summed E-state index contributed by atoms with van der Waals surface area (Å²) in [6, 6.07) is 10.2. The Bertz CT molecular complexity index is 2460. The first-order chi connectivity index (χ1) is 29.6. The zero-order valence-corrected chi connectivity index (χ0v) is 37.0. The van der Waals surface area contributed by atoms with Gasteiger partial charge in [-0.3, -0.25) is 0 Å². The third kappa shape index (κ3) is 8.90. The van der Waals surface area contributed by atoms with Gasteiger partial charge in [-0.25, -0.2) is 19.2 Å². The Morgan fingerprint density at radius 1 is 0.742 bits per heavy atom. The standard InChI is InChI=1S/C48H62N6O8/c1-27-38(59-34-11-15-53(6)16-12-34)9-7-30-21-36(43(55)61-41(27)30)49-45(57)51-40-32-19-29-20-33(40)25-48(23-29,24-32)26-54-17-13-35(14-18-54)60-39-10-8-31-22-37(44(56)62-42(31)28(39)2)50-46(58)52-47(3,4)5/h7-10,21-22,29,32-35,40H,11-20,23-26H2,1-6H3,(H2,49,51,57)(H2,50,52,58). The predicted molar refractivity (Wildman–Crippen MR) is 240 cm³/mol. The first kappa shape index (κ1) is 42.2. The Hall–Kier alpha value is -5.08. The second-order valence-corrected chi connectivity index (χ2v) is 20.2. The predicted octanol–water partition coefficient (Wildman–Crippen LogP) is 7.77. The molecule has 2 aliphatic heterocycles. The maximum Gasteiger partial charge on any atom is 0.360 e. The van der Waals surface area contributed by atoms with E-state index >= 15 is 0 Å². The van der Waals surface area contributed by atoms with Gasteiger partial charge in [0.15, 0.2) is 0 Å². The molecule has 2 aromatic carbocycles. The average Bonchev–Trinajstić information content (AvgIpc) is 3.20. The number of hydrogen-bond donors (Lipinski definition) is 4. The number of nitrogens with zero attached hydrogens (tertiary/aromatic N) is 2. The van der Waals surface area contributed by atoms with Crippen LogP contribution in [0.5, 0.6) is 11.5 Å². The van der Waals surface area contributed by atoms with Gasteiger partial charge >= 0.3 is 23.3 Å². The van der Waals surface area contributed by atoms with Crippen molar-refractivity contribution in [3.05, 3.63) is 68.4 Å². The zero-order valence-electron chi connectivity index (χ0n) is 37.0. The highest BCUT2D eigenvalue weighted by Gasteiger charge is 2.56. The second kappa shape index (κ2) is 16.6. The number of piperidine rings is 2. The lowest BCUT2D eigenvalue weighted by Crippen LogP contribution is -2.62. The molecule has 332 valence electrons. The minimum atomic E-state index is -0.612. The highest BCUT2D eigenvalue weighted by Crippen LogP contribution is 2.60. The van der Waals surface area contributed by atoms with Crippen LogP contribution in [0.25, 0.3) is 21.9 Å². The van der Waals surface area contributed by atoms with Crippen LogP contribution in [0, 0.1) is 37.0 Å². The SMILES string of the molecule is Cc1c(OC2CCN(C)CC2)ccc2cc(NC(=O)NC3C4CC5CC3CC(CN3CCC(Oc6ccc7cc(NC(=O)NC(C)(C)C)c(=O)oc7c6C)CC3)(C5)C4)c(=O)oc12. The third-order valence-corrected chi connectivity index (χ3v) is 14.2. The number of likely N-dealkylation sites (tertiary alicyclic amines) is 2. The molecule has 4 saturated carbocycles. The number of hydrogen-bond acceptors (Lipinski definition) is 10. The minimum Gasteiger partial charge on any atom is -0.490 e. The Labute approximate surface area is 362 Å². The Morgan fingerprint density at radius 3 is 1.76 bits per heavy atom. The number of amides is 4. The molecule has 4 aliphatic carbocycles. The van der Waals surface area contributed by atoms with Gasteiger partial charge in [0.25, 0.3) is 0 Å². The van der Waals surface area contributed by atoms with Gasteiger partial charge in [0.05, 0.1) is 0 Å². The largest absolute Gasteiger partial charge is 0.490 e. The van der Waals surface area contributed by atoms with Gasteiger partial charge in [-0.15, -0.1) is 0 Å². The molecule has 4 aromatic rings. The molecule has 0 radical (unpaired) electrons. The molecular formula is C48H62N6O8. The number of rotatable bonds is 9. The van der Waals surface area contributed by atoms with E-state index in [0.29, 0.717) is 40.1 Å². The number of carbonyl (C=O) groups excluding carboxylic acids is 2. The normalized spacial score (nSPS) is 25.8. The van der Waals surface area contributed by atoms with Crippen LogP contribution in [0.1, 0.15) is 89.7 Å². The fourth-order valence-electron chi connectivity index (χ4n) is 11.6. The number of anilines is 2. The fourth-order valence-corrected chi connectivity index (χ4v) is 11.6. The first-order valence-electron chi connectivity index (χ1n) is 22.6. The number of urea groups is 2. The Morgan fingerprint density at radius 2 is 1.24 bits per heavy atom. The highest BCUT2D eigenvalue weighted by molar-refractivity contribution is 5.93. The van der Waals surface area contributed by atoms with E-state index in [9.17, 15) is 19.2 Å². The van der Waals surface area contributed by atoms with E-state index in [-0.39, 0.29) is 41.1 Å². The lowest BCUT2D eigenvalue weighted by atomic mass is 9.47. The number of benzene rings is 2. The van der Waals surface area contributed by atoms with E-state index in [1.165, 1.54) is 6.42 Å². The maximum atomic E-state index is 13.5. The van der Waals surface area contributed by atoms with E-state index < -0.39 is 22.8 Å². The first-order valence-corrected chi connectivity index (χ1v) is 22.6. The maximum absolute atomic E-state index is 13.5. The summed E-state index contributed by atoms with van der Waals surface area (Å²) in [7, 11) is 2.12. The molecule has 4 heterocycles. The topological polar surface area (TPSA) is 168 Å². The van der Waals surface area contributed by atoms with Crippen molar-refractivity contribution in [2.24, 2.45) is 23.2 Å². The van der Waals surface area contributed by atoms with Crippen molar-refractivity contribution in [1.82, 2.24) is 20.4 Å². The molecule has 62 heavy (non-hydrogen) atoms. The van der Waals surface area contributed by atoms with Crippen LogP contribution >= 0.6 is 0 Å². The van der Waals surface area contributed by atoms with Gasteiger partial charge in [-0.2, -0.15) is 0 Å². The molecule has 4 amide bonds. The van der Waals surface area contributed by atoms with Gasteiger partial charge < -0.3 is 49.4 Å². The molecule has 4 bridgehead atoms. The molecule has 6 fully saturated rings. The molecule has 14 heteroatoms. The lowest BCUT2D eigenvalue weighted by molar-refractivity contribution is -0.0904. The zero-order chi connectivity index (χ0) is 43.5. The summed E-state index contributed by atoms with van der Waals surface area (Å²) in [6.45, 7) is 14.4. The van der Waals surface area contributed by atoms with E-state index in [2.05, 4.69) is 38.1 Å². The van der Waals surface area contributed by atoms with Crippen molar-refractivity contribution >= 4 is 45.4 Å². The van der Waals surface area contributed by atoms with Crippen molar-refractivity contribution in [2.45, 2.75) is 116 Å². The molecule has 2 atom stereocenters. The summed E-state index contributed by atoms with van der Waals surface area (Å²) >= 11 is 0. The summed E-state index contributed by atoms with van der Waals surface area (Å²) in [6.07, 6.45) is 9.61. The van der Waals surface area contributed by atoms with E-state index in [0.717, 1.165) is 106 Å². The van der Waals surface area contributed by atoms with Crippen LogP contribution in [0.3, 0.4) is 0 Å². The van der Waals surface area contributed by atoms with E-state index in [1.807, 2.05) is 58.9 Å². The number of carbonyl (C=O) groups is 2. The minimum absolute atomic E-state index is 0.0501. The van der Waals surface area contributed by atoms with Gasteiger partial charge in [0.1, 0.15) is 46.2 Å². The third-order valence-electron chi connectivity index (χ3n) is 14.2. The van der Waals surface area contributed by atoms with Crippen LogP contribution < -0.4 is 42.0 Å². The molecule has 2 saturated heterocycles. The van der Waals surface area contributed by atoms with Gasteiger partial charge in [0, 0.05) is 66.2 Å². The quantitative estimate of drug-likeness (QED) is 0.122. The molecule has 10 rings (SSSR count). The van der Waals surface area contributed by atoms with Crippen LogP contribution in [0.4, 0.5) is 21.0 Å². The van der Waals surface area contributed by atoms with E-state index in [1.54, 1.807) is 12.1 Å². The molecule has 2 aromatic heterocycles. The number of ether oxygens (including phenoxy) is 2. The van der Waals surface area contributed by atoms with Crippen molar-refractivity contribution in [1.29, 1.82) is 0 Å². The van der Waals surface area contributed by atoms with Crippen molar-refractivity contribution in [3.63, 3.8) is 0 Å². The number of nitrogens with one attached hydrogen (secondary N) is 4. The molecule has 2 unspecified atom stereocenters. The van der Waals surface area contributed by atoms with Crippen LogP contribution in [-0.4, -0.2) is 85.4 Å². The monoisotopic (exact) mass is 850 g/mol. The number of aryl methyl sites for hydroxylation is 2. The van der Waals surface area contributed by atoms with Gasteiger partial charge in [0.2, 0.25) is 0 Å². The summed E-state index contributed by atoms with van der Waals surface area (Å²) in [5, 5.41) is 13.0. The van der Waals surface area contributed by atoms with Gasteiger partial charge in [-0.1, -0.05) is 0 Å². The molecule has 0 spiro atoms. The molecule has 6 aliphatic rings. The van der Waals surface area contributed by atoms with Gasteiger partial charge in [-0.05, 0) is 159 Å². The summed E-state index contributed by atoms with van der Waals surface area (Å²) in [4.78, 5) is 56.9. The fraction of sp³-hybridized carbons (Fsp3) is 0.583. The smallest absolute Gasteiger partial charge is 0.360 e. The number of fused-ring (bicyclic) bond motifs is 2. The molecule has 14 nitrogen and oxygen atoms in total. The van der Waals surface area contributed by atoms with Crippen molar-refractivity contribution in [3.8, 4) is 11.5 Å². The Balaban J connectivity index is 0.777. The molecule has 4 N–H and O–H groups in total. The summed E-state index contributed by atoms with van der Waals surface area (Å²) in [5.74, 6) is 2.94. The average molecular weight is 851 g/mol. The van der Waals surface area contributed by atoms with Crippen molar-refractivity contribution < 1.29 is 27.9 Å². The second-order valence-electron chi connectivity index (χ2n) is 20.2. The highest BCUT2D eigenvalue weighted by atomic mass is 16.5. The lowest BCUT2D eigenvalue weighted by Gasteiger charge is -2.61. The van der Waals surface area contributed by atoms with Crippen LogP contribution in [-0.2, 0) is 0 Å². The van der Waals surface area contributed by atoms with E-state index in [4.69, 9.17) is 18.3 Å². The molecular weight excluding hydrogens is 789 g/mol. The summed E-state index contributed by atoms with van der Waals surface area (Å²) in [5.41, 5.74) is 1.33.